The third-order valence-corrected chi connectivity index (χ3v) is 5.19. The first-order valence-electron chi connectivity index (χ1n) is 11.4. The molecule has 1 heterocycles. The van der Waals surface area contributed by atoms with E-state index in [1.54, 1.807) is 60.7 Å². The third-order valence-electron chi connectivity index (χ3n) is 4.98. The van der Waals surface area contributed by atoms with Gasteiger partial charge in [0.25, 0.3) is 11.8 Å². The van der Waals surface area contributed by atoms with Crippen molar-refractivity contribution in [2.45, 2.75) is 39.0 Å². The molecular formula is C26H29N3O4S. The third kappa shape index (κ3) is 8.04. The lowest BCUT2D eigenvalue weighted by Gasteiger charge is -2.11. The number of hydrogen-bond donors (Lipinski definition) is 3. The Bertz CT molecular complexity index is 1080. The van der Waals surface area contributed by atoms with Gasteiger partial charge in [-0.2, -0.15) is 0 Å². The molecule has 8 heteroatoms. The number of carbonyl (C=O) groups excluding carboxylic acids is 2. The van der Waals surface area contributed by atoms with E-state index in [4.69, 9.17) is 21.4 Å². The van der Waals surface area contributed by atoms with E-state index in [2.05, 4.69) is 22.9 Å². The SMILES string of the molecule is CCCCCCCOc1ccc(C(=O)NC(=S)Nc2cccc(NC(=O)c3ccco3)c2)cc1. The van der Waals surface area contributed by atoms with Crippen molar-refractivity contribution in [1.29, 1.82) is 0 Å². The van der Waals surface area contributed by atoms with Gasteiger partial charge >= 0.3 is 0 Å². The van der Waals surface area contributed by atoms with E-state index in [1.807, 2.05) is 0 Å². The number of benzene rings is 2. The molecule has 0 radical (unpaired) electrons. The molecule has 0 spiro atoms. The van der Waals surface area contributed by atoms with Crippen molar-refractivity contribution in [2.75, 3.05) is 17.2 Å². The summed E-state index contributed by atoms with van der Waals surface area (Å²) in [7, 11) is 0. The van der Waals surface area contributed by atoms with Gasteiger partial charge < -0.3 is 19.8 Å². The van der Waals surface area contributed by atoms with Crippen LogP contribution in [0.2, 0.25) is 0 Å². The number of amides is 2. The summed E-state index contributed by atoms with van der Waals surface area (Å²) < 4.78 is 10.8. The lowest BCUT2D eigenvalue weighted by atomic mass is 10.2. The average molecular weight is 480 g/mol. The predicted molar refractivity (Wildman–Crippen MR) is 137 cm³/mol. The van der Waals surface area contributed by atoms with Crippen LogP contribution in [0.15, 0.2) is 71.3 Å². The topological polar surface area (TPSA) is 92.6 Å². The Morgan fingerprint density at radius 3 is 2.32 bits per heavy atom. The number of rotatable bonds is 11. The maximum absolute atomic E-state index is 12.5. The Morgan fingerprint density at radius 2 is 1.62 bits per heavy atom. The van der Waals surface area contributed by atoms with Crippen LogP contribution in [-0.2, 0) is 0 Å². The average Bonchev–Trinajstić information content (AvgIpc) is 3.37. The van der Waals surface area contributed by atoms with Crippen molar-refractivity contribution in [3.8, 4) is 5.75 Å². The minimum Gasteiger partial charge on any atom is -0.494 e. The van der Waals surface area contributed by atoms with E-state index in [9.17, 15) is 9.59 Å². The van der Waals surface area contributed by atoms with Crippen molar-refractivity contribution in [3.05, 3.63) is 78.3 Å². The standard InChI is InChI=1S/C26H29N3O4S/c1-2-3-4-5-6-16-32-22-14-12-19(13-15-22)24(30)29-26(34)28-21-10-7-9-20(18-21)27-25(31)23-11-8-17-33-23/h7-15,17-18H,2-6,16H2,1H3,(H,27,31)(H2,28,29,30,34). The minimum absolute atomic E-state index is 0.145. The lowest BCUT2D eigenvalue weighted by molar-refractivity contribution is 0.0975. The molecule has 1 aromatic heterocycles. The molecule has 3 N–H and O–H groups in total. The second kappa shape index (κ2) is 13.2. The van der Waals surface area contributed by atoms with Crippen LogP contribution in [0.3, 0.4) is 0 Å². The molecule has 2 amide bonds. The Morgan fingerprint density at radius 1 is 0.882 bits per heavy atom. The highest BCUT2D eigenvalue weighted by Crippen LogP contribution is 2.17. The van der Waals surface area contributed by atoms with Gasteiger partial charge in [0.15, 0.2) is 10.9 Å². The van der Waals surface area contributed by atoms with Crippen LogP contribution >= 0.6 is 12.2 Å². The fourth-order valence-corrected chi connectivity index (χ4v) is 3.42. The second-order valence-electron chi connectivity index (χ2n) is 7.71. The molecule has 0 aliphatic rings. The van der Waals surface area contributed by atoms with Gasteiger partial charge in [-0.1, -0.05) is 38.7 Å². The molecule has 0 bridgehead atoms. The predicted octanol–water partition coefficient (Wildman–Crippen LogP) is 6.01. The van der Waals surface area contributed by atoms with E-state index < -0.39 is 0 Å². The van der Waals surface area contributed by atoms with Crippen LogP contribution in [0.25, 0.3) is 0 Å². The maximum Gasteiger partial charge on any atom is 0.291 e. The number of furan rings is 1. The largest absolute Gasteiger partial charge is 0.494 e. The number of hydrogen-bond acceptors (Lipinski definition) is 5. The van der Waals surface area contributed by atoms with Crippen molar-refractivity contribution >= 4 is 40.5 Å². The van der Waals surface area contributed by atoms with Crippen molar-refractivity contribution < 1.29 is 18.7 Å². The normalized spacial score (nSPS) is 10.4. The van der Waals surface area contributed by atoms with Crippen molar-refractivity contribution in [3.63, 3.8) is 0 Å². The van der Waals surface area contributed by atoms with Crippen molar-refractivity contribution in [2.24, 2.45) is 0 Å². The molecule has 0 fully saturated rings. The zero-order valence-corrected chi connectivity index (χ0v) is 20.0. The Hall–Kier alpha value is -3.65. The molecule has 2 aromatic carbocycles. The zero-order chi connectivity index (χ0) is 24.2. The quantitative estimate of drug-likeness (QED) is 0.230. The smallest absolute Gasteiger partial charge is 0.291 e. The molecule has 0 aliphatic carbocycles. The van der Waals surface area contributed by atoms with Gasteiger partial charge in [-0.15, -0.1) is 0 Å². The number of ether oxygens (including phenoxy) is 1. The summed E-state index contributed by atoms with van der Waals surface area (Å²) in [5.74, 6) is 0.263. The van der Waals surface area contributed by atoms with E-state index in [-0.39, 0.29) is 22.7 Å². The van der Waals surface area contributed by atoms with Gasteiger partial charge in [0.05, 0.1) is 12.9 Å². The Kier molecular flexibility index (Phi) is 9.66. The summed E-state index contributed by atoms with van der Waals surface area (Å²) in [5, 5.41) is 8.50. The molecular weight excluding hydrogens is 450 g/mol. The number of anilines is 2. The fourth-order valence-electron chi connectivity index (χ4n) is 3.21. The highest BCUT2D eigenvalue weighted by molar-refractivity contribution is 7.80. The van der Waals surface area contributed by atoms with E-state index >= 15 is 0 Å². The van der Waals surface area contributed by atoms with E-state index in [0.29, 0.717) is 23.5 Å². The Balaban J connectivity index is 1.45. The molecule has 7 nitrogen and oxygen atoms in total. The number of thiocarbonyl (C=S) groups is 1. The summed E-state index contributed by atoms with van der Waals surface area (Å²) in [6, 6.07) is 17.2. The number of unbranched alkanes of at least 4 members (excludes halogenated alkanes) is 4. The van der Waals surface area contributed by atoms with Gasteiger partial charge in [-0.3, -0.25) is 14.9 Å². The molecule has 0 saturated heterocycles. The van der Waals surface area contributed by atoms with E-state index in [0.717, 1.165) is 18.6 Å². The van der Waals surface area contributed by atoms with Crippen LogP contribution < -0.4 is 20.7 Å². The molecule has 34 heavy (non-hydrogen) atoms. The molecule has 3 aromatic rings. The van der Waals surface area contributed by atoms with Crippen LogP contribution in [0, 0.1) is 0 Å². The summed E-state index contributed by atoms with van der Waals surface area (Å²) in [5.41, 5.74) is 1.64. The summed E-state index contributed by atoms with van der Waals surface area (Å²) in [4.78, 5) is 24.6. The molecule has 0 atom stereocenters. The lowest BCUT2D eigenvalue weighted by Crippen LogP contribution is -2.34. The van der Waals surface area contributed by atoms with Crippen LogP contribution in [0.4, 0.5) is 11.4 Å². The van der Waals surface area contributed by atoms with Crippen molar-refractivity contribution in [1.82, 2.24) is 5.32 Å². The molecule has 3 rings (SSSR count). The highest BCUT2D eigenvalue weighted by Gasteiger charge is 2.11. The summed E-state index contributed by atoms with van der Waals surface area (Å²) in [6.07, 6.45) is 7.34. The van der Waals surface area contributed by atoms with Crippen LogP contribution in [0.1, 0.15) is 59.9 Å². The molecule has 0 saturated carbocycles. The molecule has 0 unspecified atom stereocenters. The maximum atomic E-state index is 12.5. The van der Waals surface area contributed by atoms with Gasteiger partial charge in [0.1, 0.15) is 5.75 Å². The fraction of sp³-hybridized carbons (Fsp3) is 0.269. The first kappa shape index (κ1) is 25.0. The van der Waals surface area contributed by atoms with Crippen LogP contribution in [-0.4, -0.2) is 23.5 Å². The Labute approximate surface area is 204 Å². The summed E-state index contributed by atoms with van der Waals surface area (Å²) >= 11 is 5.26. The number of nitrogens with one attached hydrogen (secondary N) is 3. The van der Waals surface area contributed by atoms with Gasteiger partial charge in [0, 0.05) is 16.9 Å². The van der Waals surface area contributed by atoms with Gasteiger partial charge in [-0.25, -0.2) is 0 Å². The first-order chi connectivity index (χ1) is 16.5. The van der Waals surface area contributed by atoms with Gasteiger partial charge in [-0.05, 0) is 73.2 Å². The second-order valence-corrected chi connectivity index (χ2v) is 8.12. The summed E-state index contributed by atoms with van der Waals surface area (Å²) in [6.45, 7) is 2.87. The highest BCUT2D eigenvalue weighted by atomic mass is 32.1. The van der Waals surface area contributed by atoms with Crippen LogP contribution in [0.5, 0.6) is 5.75 Å². The number of carbonyl (C=O) groups is 2. The van der Waals surface area contributed by atoms with E-state index in [1.165, 1.54) is 25.5 Å². The first-order valence-corrected chi connectivity index (χ1v) is 11.8. The zero-order valence-electron chi connectivity index (χ0n) is 19.1. The monoisotopic (exact) mass is 479 g/mol. The molecule has 178 valence electrons. The van der Waals surface area contributed by atoms with Gasteiger partial charge in [0.2, 0.25) is 0 Å². The minimum atomic E-state index is -0.359. The molecule has 0 aliphatic heterocycles.